The van der Waals surface area contributed by atoms with Crippen molar-refractivity contribution < 1.29 is 9.72 Å². The molecule has 3 rings (SSSR count). The summed E-state index contributed by atoms with van der Waals surface area (Å²) >= 11 is 0. The van der Waals surface area contributed by atoms with E-state index in [9.17, 15) is 14.9 Å². The van der Waals surface area contributed by atoms with Crippen LogP contribution in [0.2, 0.25) is 0 Å². The lowest BCUT2D eigenvalue weighted by molar-refractivity contribution is -0.384. The zero-order valence-electron chi connectivity index (χ0n) is 12.5. The van der Waals surface area contributed by atoms with E-state index >= 15 is 0 Å². The van der Waals surface area contributed by atoms with E-state index in [1.54, 1.807) is 18.3 Å². The molecular formula is C17H16N2O3. The number of hydrogen-bond acceptors (Lipinski definition) is 4. The maximum Gasteiger partial charge on any atom is 0.269 e. The van der Waals surface area contributed by atoms with E-state index in [0.29, 0.717) is 12.0 Å². The van der Waals surface area contributed by atoms with Crippen LogP contribution < -0.4 is 0 Å². The molecule has 22 heavy (non-hydrogen) atoms. The van der Waals surface area contributed by atoms with Crippen LogP contribution in [0, 0.1) is 15.5 Å². The largest absolute Gasteiger partial charge is 0.294 e. The highest BCUT2D eigenvalue weighted by Crippen LogP contribution is 2.35. The van der Waals surface area contributed by atoms with Crippen LogP contribution in [-0.4, -0.2) is 15.7 Å². The van der Waals surface area contributed by atoms with Gasteiger partial charge in [-0.2, -0.15) is 0 Å². The van der Waals surface area contributed by atoms with Crippen molar-refractivity contribution in [2.75, 3.05) is 0 Å². The summed E-state index contributed by atoms with van der Waals surface area (Å²) in [6.45, 7) is 4.14. The van der Waals surface area contributed by atoms with Crippen LogP contribution in [0.1, 0.15) is 36.3 Å². The Morgan fingerprint density at radius 3 is 2.45 bits per heavy atom. The maximum atomic E-state index is 12.3. The highest BCUT2D eigenvalue weighted by atomic mass is 16.6. The van der Waals surface area contributed by atoms with E-state index < -0.39 is 4.92 Å². The van der Waals surface area contributed by atoms with E-state index in [0.717, 1.165) is 23.2 Å². The van der Waals surface area contributed by atoms with E-state index in [1.807, 2.05) is 6.07 Å². The Bertz CT molecular complexity index is 764. The van der Waals surface area contributed by atoms with Crippen LogP contribution in [-0.2, 0) is 6.42 Å². The van der Waals surface area contributed by atoms with Crippen molar-refractivity contribution in [2.24, 2.45) is 5.41 Å². The number of rotatable bonds is 2. The molecule has 0 aliphatic heterocycles. The Hall–Kier alpha value is -2.56. The molecule has 1 heterocycles. The molecule has 0 radical (unpaired) electrons. The van der Waals surface area contributed by atoms with Crippen molar-refractivity contribution in [1.82, 2.24) is 4.98 Å². The summed E-state index contributed by atoms with van der Waals surface area (Å²) in [5.41, 5.74) is 3.14. The first-order valence-electron chi connectivity index (χ1n) is 7.13. The third-order valence-electron chi connectivity index (χ3n) is 3.97. The fourth-order valence-electron chi connectivity index (χ4n) is 2.85. The SMILES string of the molecule is CC1(C)CC(=O)c2cc(-c3ccc([N+](=O)[O-])cc3)cnc2C1. The normalized spacial score (nSPS) is 16.2. The summed E-state index contributed by atoms with van der Waals surface area (Å²) in [5, 5.41) is 10.7. The van der Waals surface area contributed by atoms with Crippen LogP contribution >= 0.6 is 0 Å². The molecule has 1 aromatic heterocycles. The van der Waals surface area contributed by atoms with E-state index in [4.69, 9.17) is 0 Å². The highest BCUT2D eigenvalue weighted by molar-refractivity contribution is 5.99. The van der Waals surface area contributed by atoms with Crippen LogP contribution in [0.5, 0.6) is 0 Å². The third kappa shape index (κ3) is 2.62. The van der Waals surface area contributed by atoms with E-state index in [1.165, 1.54) is 12.1 Å². The number of hydrogen-bond donors (Lipinski definition) is 0. The number of Topliss-reactive ketones (excluding diaryl/α,β-unsaturated/α-hetero) is 1. The third-order valence-corrected chi connectivity index (χ3v) is 3.97. The highest BCUT2D eigenvalue weighted by Gasteiger charge is 2.31. The van der Waals surface area contributed by atoms with Crippen molar-refractivity contribution in [3.05, 3.63) is 57.9 Å². The molecule has 0 bridgehead atoms. The second kappa shape index (κ2) is 5.02. The van der Waals surface area contributed by atoms with Crippen molar-refractivity contribution in [2.45, 2.75) is 26.7 Å². The molecule has 0 saturated carbocycles. The minimum absolute atomic E-state index is 0.0486. The van der Waals surface area contributed by atoms with Gasteiger partial charge in [0, 0.05) is 35.9 Å². The topological polar surface area (TPSA) is 73.1 Å². The molecule has 112 valence electrons. The van der Waals surface area contributed by atoms with Gasteiger partial charge in [-0.15, -0.1) is 0 Å². The van der Waals surface area contributed by atoms with Crippen LogP contribution in [0.4, 0.5) is 5.69 Å². The van der Waals surface area contributed by atoms with Gasteiger partial charge >= 0.3 is 0 Å². The van der Waals surface area contributed by atoms with Gasteiger partial charge in [0.2, 0.25) is 0 Å². The van der Waals surface area contributed by atoms with Crippen LogP contribution in [0.3, 0.4) is 0 Å². The zero-order chi connectivity index (χ0) is 15.9. The molecule has 2 aromatic rings. The number of pyridine rings is 1. The average molecular weight is 296 g/mol. The molecule has 5 heteroatoms. The summed E-state index contributed by atoms with van der Waals surface area (Å²) in [6, 6.07) is 8.12. The molecule has 0 saturated heterocycles. The van der Waals surface area contributed by atoms with Gasteiger partial charge in [0.25, 0.3) is 5.69 Å². The molecule has 5 nitrogen and oxygen atoms in total. The van der Waals surface area contributed by atoms with Gasteiger partial charge in [0.05, 0.1) is 10.6 Å². The Morgan fingerprint density at radius 1 is 1.14 bits per heavy atom. The summed E-state index contributed by atoms with van der Waals surface area (Å²) in [5.74, 6) is 0.113. The molecular weight excluding hydrogens is 280 g/mol. The summed E-state index contributed by atoms with van der Waals surface area (Å²) in [7, 11) is 0. The van der Waals surface area contributed by atoms with E-state index in [2.05, 4.69) is 18.8 Å². The lowest BCUT2D eigenvalue weighted by Gasteiger charge is -2.29. The first-order valence-corrected chi connectivity index (χ1v) is 7.13. The number of ketones is 1. The van der Waals surface area contributed by atoms with Gasteiger partial charge in [-0.05, 0) is 35.6 Å². The zero-order valence-corrected chi connectivity index (χ0v) is 12.5. The number of nitro groups is 1. The molecule has 0 spiro atoms. The molecule has 0 atom stereocenters. The molecule has 1 aliphatic rings. The summed E-state index contributed by atoms with van der Waals surface area (Å²) in [6.07, 6.45) is 3.04. The summed E-state index contributed by atoms with van der Waals surface area (Å²) in [4.78, 5) is 27.0. The molecule has 1 aromatic carbocycles. The summed E-state index contributed by atoms with van der Waals surface area (Å²) < 4.78 is 0. The van der Waals surface area contributed by atoms with Gasteiger partial charge < -0.3 is 0 Å². The molecule has 0 fully saturated rings. The number of benzene rings is 1. The quantitative estimate of drug-likeness (QED) is 0.624. The van der Waals surface area contributed by atoms with Crippen molar-refractivity contribution in [3.63, 3.8) is 0 Å². The monoisotopic (exact) mass is 296 g/mol. The average Bonchev–Trinajstić information content (AvgIpc) is 2.46. The number of aromatic nitrogens is 1. The molecule has 0 unspecified atom stereocenters. The van der Waals surface area contributed by atoms with Gasteiger partial charge in [-0.25, -0.2) is 0 Å². The molecule has 0 amide bonds. The Kier molecular flexibility index (Phi) is 3.28. The first kappa shape index (κ1) is 14.4. The number of carbonyl (C=O) groups is 1. The van der Waals surface area contributed by atoms with Crippen molar-refractivity contribution >= 4 is 11.5 Å². The molecule has 0 N–H and O–H groups in total. The fourth-order valence-corrected chi connectivity index (χ4v) is 2.85. The second-order valence-electron chi connectivity index (χ2n) is 6.46. The number of fused-ring (bicyclic) bond motifs is 1. The Labute approximate surface area is 128 Å². The van der Waals surface area contributed by atoms with Gasteiger partial charge in [0.15, 0.2) is 5.78 Å². The number of nitro benzene ring substituents is 1. The minimum Gasteiger partial charge on any atom is -0.294 e. The van der Waals surface area contributed by atoms with Gasteiger partial charge in [-0.1, -0.05) is 13.8 Å². The van der Waals surface area contributed by atoms with Crippen molar-refractivity contribution in [1.29, 1.82) is 0 Å². The minimum atomic E-state index is -0.430. The van der Waals surface area contributed by atoms with Crippen LogP contribution in [0.15, 0.2) is 36.5 Å². The first-order chi connectivity index (χ1) is 10.4. The second-order valence-corrected chi connectivity index (χ2v) is 6.46. The van der Waals surface area contributed by atoms with Crippen LogP contribution in [0.25, 0.3) is 11.1 Å². The molecule has 1 aliphatic carbocycles. The lowest BCUT2D eigenvalue weighted by atomic mass is 9.75. The Balaban J connectivity index is 1.99. The predicted octanol–water partition coefficient (Wildman–Crippen LogP) is 3.81. The maximum absolute atomic E-state index is 12.3. The fraction of sp³-hybridized carbons (Fsp3) is 0.294. The predicted molar refractivity (Wildman–Crippen MR) is 82.8 cm³/mol. The standard InChI is InChI=1S/C17H16N2O3/c1-17(2)8-15-14(16(20)9-17)7-12(10-18-15)11-3-5-13(6-4-11)19(21)22/h3-7,10H,8-9H2,1-2H3. The smallest absolute Gasteiger partial charge is 0.269 e. The number of nitrogens with zero attached hydrogens (tertiary/aromatic N) is 2. The van der Waals surface area contributed by atoms with E-state index in [-0.39, 0.29) is 16.9 Å². The lowest BCUT2D eigenvalue weighted by Crippen LogP contribution is -2.27. The number of non-ortho nitro benzene ring substituents is 1. The Morgan fingerprint density at radius 2 is 1.82 bits per heavy atom. The van der Waals surface area contributed by atoms with Crippen molar-refractivity contribution in [3.8, 4) is 11.1 Å². The number of carbonyl (C=O) groups excluding carboxylic acids is 1. The van der Waals surface area contributed by atoms with Gasteiger partial charge in [-0.3, -0.25) is 19.9 Å². The van der Waals surface area contributed by atoms with Gasteiger partial charge in [0.1, 0.15) is 0 Å².